The molecule has 0 saturated carbocycles. The molecule has 0 rings (SSSR count). The minimum atomic E-state index is 0. The molecule has 0 fully saturated rings. The fourth-order valence-corrected chi connectivity index (χ4v) is 1.28. The molecule has 3 heteroatoms. The van der Waals surface area contributed by atoms with Crippen molar-refractivity contribution in [3.8, 4) is 0 Å². The van der Waals surface area contributed by atoms with Crippen molar-refractivity contribution in [3.05, 3.63) is 12.8 Å². The van der Waals surface area contributed by atoms with E-state index in [0.717, 1.165) is 0 Å². The summed E-state index contributed by atoms with van der Waals surface area (Å²) in [6.07, 6.45) is 8.83. The Bertz CT molecular complexity index is 84.7. The van der Waals surface area contributed by atoms with E-state index in [9.17, 15) is 0 Å². The van der Waals surface area contributed by atoms with Gasteiger partial charge in [0, 0.05) is 0 Å². The fraction of sp³-hybridized carbons (Fsp3) is 0.875. The van der Waals surface area contributed by atoms with Gasteiger partial charge in [0.15, 0.2) is 0 Å². The van der Waals surface area contributed by atoms with E-state index in [0.29, 0.717) is 10.5 Å². The van der Waals surface area contributed by atoms with E-state index in [4.69, 9.17) is 25.3 Å². The second-order valence-corrected chi connectivity index (χ2v) is 5.96. The monoisotopic (exact) mass is 412 g/mol. The molecule has 0 aromatic rings. The summed E-state index contributed by atoms with van der Waals surface area (Å²) >= 11 is 9.76. The van der Waals surface area contributed by atoms with Gasteiger partial charge >= 0.3 is 23.9 Å². The van der Waals surface area contributed by atoms with Crippen LogP contribution in [0.25, 0.3) is 0 Å². The van der Waals surface area contributed by atoms with Crippen LogP contribution in [0.5, 0.6) is 0 Å². The Labute approximate surface area is 153 Å². The Balaban J connectivity index is -0.0000000476. The van der Waals surface area contributed by atoms with Gasteiger partial charge in [-0.2, -0.15) is 10.5 Å². The van der Waals surface area contributed by atoms with Crippen LogP contribution in [0.3, 0.4) is 0 Å². The summed E-state index contributed by atoms with van der Waals surface area (Å²) in [5, 5.41) is 0.963. The molecule has 116 valence electrons. The van der Waals surface area contributed by atoms with E-state index in [1.807, 2.05) is 40.5 Å². The summed E-state index contributed by atoms with van der Waals surface area (Å²) in [6, 6.07) is 0. The first-order chi connectivity index (χ1) is 8.37. The first-order valence-electron chi connectivity index (χ1n) is 7.17. The van der Waals surface area contributed by atoms with E-state index < -0.39 is 0 Å². The second kappa shape index (κ2) is 36.6. The summed E-state index contributed by atoms with van der Waals surface area (Å²) in [7, 11) is 0. The normalized spacial score (nSPS) is 11.1. The summed E-state index contributed by atoms with van der Waals surface area (Å²) in [5.74, 6) is 0. The third-order valence-corrected chi connectivity index (χ3v) is 1.86. The van der Waals surface area contributed by atoms with Crippen molar-refractivity contribution in [1.82, 2.24) is 0 Å². The predicted octanol–water partition coefficient (Wildman–Crippen LogP) is 5.52. The molecule has 0 saturated heterocycles. The zero-order valence-corrected chi connectivity index (χ0v) is 18.9. The predicted molar refractivity (Wildman–Crippen MR) is 101 cm³/mol. The van der Waals surface area contributed by atoms with E-state index in [1.165, 1.54) is 25.7 Å². The zero-order chi connectivity index (χ0) is 15.4. The Morgan fingerprint density at radius 1 is 0.737 bits per heavy atom. The average molecular weight is 411 g/mol. The van der Waals surface area contributed by atoms with Gasteiger partial charge in [-0.05, 0) is 12.8 Å². The van der Waals surface area contributed by atoms with Gasteiger partial charge in [0.05, 0.1) is 0 Å². The second-order valence-electron chi connectivity index (χ2n) is 4.35. The van der Waals surface area contributed by atoms with Crippen LogP contribution in [0.15, 0.2) is 0 Å². The van der Waals surface area contributed by atoms with Gasteiger partial charge in [0.2, 0.25) is 0 Å². The van der Waals surface area contributed by atoms with Crippen molar-refractivity contribution >= 4 is 49.2 Å². The molecule has 2 unspecified atom stereocenters. The summed E-state index contributed by atoms with van der Waals surface area (Å²) in [6.45, 7) is 16.4. The molecule has 2 atom stereocenters. The van der Waals surface area contributed by atoms with Gasteiger partial charge in [0.25, 0.3) is 0 Å². The Morgan fingerprint density at radius 3 is 0.895 bits per heavy atom. The number of hydrogen-bond acceptors (Lipinski definition) is 2. The van der Waals surface area contributed by atoms with E-state index in [2.05, 4.69) is 27.7 Å². The van der Waals surface area contributed by atoms with Gasteiger partial charge in [-0.25, -0.2) is 0 Å². The molecule has 0 aromatic heterocycles. The molecule has 0 spiro atoms. The molecular weight excluding hydrogens is 375 g/mol. The smallest absolute Gasteiger partial charge is 0.789 e. The topological polar surface area (TPSA) is 0 Å². The van der Waals surface area contributed by atoms with Crippen molar-refractivity contribution < 1.29 is 0 Å². The van der Waals surface area contributed by atoms with Gasteiger partial charge in [0.1, 0.15) is 0 Å². The van der Waals surface area contributed by atoms with Gasteiger partial charge < -0.3 is 25.3 Å². The molecule has 0 aliphatic carbocycles. The molecule has 0 aromatic carbocycles. The molecule has 0 aliphatic rings. The minimum Gasteiger partial charge on any atom is -0.789 e. The molecule has 0 heterocycles. The van der Waals surface area contributed by atoms with Crippen molar-refractivity contribution in [2.45, 2.75) is 91.6 Å². The Morgan fingerprint density at radius 2 is 0.895 bits per heavy atom. The van der Waals surface area contributed by atoms with Crippen molar-refractivity contribution in [1.29, 1.82) is 0 Å². The van der Waals surface area contributed by atoms with Gasteiger partial charge in [-0.15, -0.1) is 0 Å². The van der Waals surface area contributed by atoms with Crippen molar-refractivity contribution in [2.24, 2.45) is 0 Å². The van der Waals surface area contributed by atoms with Crippen LogP contribution in [0.2, 0.25) is 0 Å². The van der Waals surface area contributed by atoms with Crippen LogP contribution >= 0.6 is 0 Å². The standard InChI is InChI=1S/2C5H12S.2C3H7.Sn/c2*1-3-4-5(2)6;2*1-3-2;/h2*5-6H,3-4H2,1-2H3;2*3H,1-2H3;/q;;;;+2/p-2. The van der Waals surface area contributed by atoms with Crippen LogP contribution < -0.4 is 0 Å². The van der Waals surface area contributed by atoms with Crippen LogP contribution in [0.1, 0.15) is 81.1 Å². The van der Waals surface area contributed by atoms with E-state index >= 15 is 0 Å². The molecule has 4 radical (unpaired) electrons. The van der Waals surface area contributed by atoms with Crippen molar-refractivity contribution in [2.75, 3.05) is 0 Å². The number of rotatable bonds is 4. The third kappa shape index (κ3) is 106. The minimum absolute atomic E-state index is 0. The maximum absolute atomic E-state index is 4.88. The number of hydrogen-bond donors (Lipinski definition) is 0. The SMILES string of the molecule is CCCC(C)[S-].CCCC(C)[S-].C[CH]C.C[CH]C.[Sn+2]. The first-order valence-corrected chi connectivity index (χ1v) is 8.11. The van der Waals surface area contributed by atoms with Crippen LogP contribution in [-0.2, 0) is 25.3 Å². The fourth-order valence-electron chi connectivity index (χ4n) is 0.813. The average Bonchev–Trinajstić information content (AvgIpc) is 2.20. The van der Waals surface area contributed by atoms with Gasteiger partial charge in [-0.3, -0.25) is 0 Å². The maximum atomic E-state index is 4.88. The molecule has 0 nitrogen and oxygen atoms in total. The molecule has 0 aliphatic heterocycles. The third-order valence-electron chi connectivity index (χ3n) is 1.39. The molecular formula is C16H36S2Sn. The van der Waals surface area contributed by atoms with Crippen LogP contribution in [-0.4, -0.2) is 34.4 Å². The van der Waals surface area contributed by atoms with Crippen LogP contribution in [0, 0.1) is 12.8 Å². The molecule has 0 bridgehead atoms. The van der Waals surface area contributed by atoms with Crippen molar-refractivity contribution in [3.63, 3.8) is 0 Å². The Hall–Kier alpha value is 1.50. The molecule has 0 N–H and O–H groups in total. The maximum Gasteiger partial charge on any atom is 2.00 e. The summed E-state index contributed by atoms with van der Waals surface area (Å²) in [5.41, 5.74) is 0. The first kappa shape index (κ1) is 32.4. The molecule has 19 heavy (non-hydrogen) atoms. The summed E-state index contributed by atoms with van der Waals surface area (Å²) in [4.78, 5) is 0. The molecule has 0 amide bonds. The summed E-state index contributed by atoms with van der Waals surface area (Å²) < 4.78 is 0. The Kier molecular flexibility index (Phi) is 62.5. The largest absolute Gasteiger partial charge is 2.00 e. The van der Waals surface area contributed by atoms with E-state index in [-0.39, 0.29) is 23.9 Å². The van der Waals surface area contributed by atoms with Gasteiger partial charge in [-0.1, -0.05) is 81.1 Å². The quantitative estimate of drug-likeness (QED) is 0.441. The van der Waals surface area contributed by atoms with Crippen LogP contribution in [0.4, 0.5) is 0 Å². The zero-order valence-electron chi connectivity index (χ0n) is 14.5. The van der Waals surface area contributed by atoms with E-state index in [1.54, 1.807) is 0 Å².